The van der Waals surface area contributed by atoms with Crippen molar-refractivity contribution >= 4 is 11.8 Å². The summed E-state index contributed by atoms with van der Waals surface area (Å²) >= 11 is 1.74. The first-order valence-electron chi connectivity index (χ1n) is 5.81. The van der Waals surface area contributed by atoms with Crippen LogP contribution in [0.15, 0.2) is 41.6 Å². The lowest BCUT2D eigenvalue weighted by atomic mass is 10.2. The molecule has 96 valence electrons. The molecule has 0 fully saturated rings. The molecular formula is C13H17N3OS. The molecule has 0 aliphatic rings. The number of rotatable bonds is 6. The van der Waals surface area contributed by atoms with Crippen LogP contribution in [0.4, 0.5) is 0 Å². The van der Waals surface area contributed by atoms with E-state index < -0.39 is 0 Å². The van der Waals surface area contributed by atoms with Crippen molar-refractivity contribution in [3.63, 3.8) is 0 Å². The zero-order valence-electron chi connectivity index (χ0n) is 10.4. The molecule has 0 saturated carbocycles. The van der Waals surface area contributed by atoms with Gasteiger partial charge in [-0.05, 0) is 17.7 Å². The summed E-state index contributed by atoms with van der Waals surface area (Å²) in [5.41, 5.74) is 6.67. The monoisotopic (exact) mass is 263 g/mol. The number of nitrogens with two attached hydrogens (primary N) is 1. The van der Waals surface area contributed by atoms with Gasteiger partial charge in [-0.2, -0.15) is 5.10 Å². The molecule has 0 unspecified atom stereocenters. The third kappa shape index (κ3) is 3.78. The third-order valence-electron chi connectivity index (χ3n) is 2.44. The molecule has 0 aliphatic heterocycles. The summed E-state index contributed by atoms with van der Waals surface area (Å²) in [6.45, 7) is 1.22. The zero-order chi connectivity index (χ0) is 12.8. The molecular weight excluding hydrogens is 246 g/mol. The Balaban J connectivity index is 1.74. The Labute approximate surface area is 111 Å². The summed E-state index contributed by atoms with van der Waals surface area (Å²) < 4.78 is 7.47. The van der Waals surface area contributed by atoms with E-state index in [2.05, 4.69) is 5.10 Å². The van der Waals surface area contributed by atoms with Crippen LogP contribution in [0.3, 0.4) is 0 Å². The molecule has 2 N–H and O–H groups in total. The van der Waals surface area contributed by atoms with E-state index >= 15 is 0 Å². The predicted octanol–water partition coefficient (Wildman–Crippen LogP) is 2.05. The van der Waals surface area contributed by atoms with Crippen molar-refractivity contribution in [2.24, 2.45) is 12.8 Å². The molecule has 18 heavy (non-hydrogen) atoms. The van der Waals surface area contributed by atoms with Crippen molar-refractivity contribution in [1.29, 1.82) is 0 Å². The van der Waals surface area contributed by atoms with E-state index in [0.717, 1.165) is 22.0 Å². The predicted molar refractivity (Wildman–Crippen MR) is 73.8 cm³/mol. The van der Waals surface area contributed by atoms with E-state index in [4.69, 9.17) is 10.5 Å². The molecule has 5 heteroatoms. The molecule has 2 rings (SSSR count). The second-order valence-electron chi connectivity index (χ2n) is 3.90. The van der Waals surface area contributed by atoms with E-state index in [9.17, 15) is 0 Å². The fourth-order valence-electron chi connectivity index (χ4n) is 1.55. The fraction of sp³-hybridized carbons (Fsp3) is 0.308. The lowest BCUT2D eigenvalue weighted by Gasteiger charge is -2.06. The molecule has 1 heterocycles. The lowest BCUT2D eigenvalue weighted by molar-refractivity contribution is 0.343. The maximum Gasteiger partial charge on any atom is 0.119 e. The Hall–Kier alpha value is -1.46. The van der Waals surface area contributed by atoms with Crippen LogP contribution in [0.25, 0.3) is 0 Å². The molecule has 2 aromatic rings. The Bertz CT molecular complexity index is 498. The number of hydrogen-bond donors (Lipinski definition) is 1. The van der Waals surface area contributed by atoms with Crippen molar-refractivity contribution < 1.29 is 4.74 Å². The standard InChI is InChI=1S/C13H17N3OS/c1-16-10-13(9-15-16)18-6-5-17-12-4-2-3-11(7-12)8-14/h2-4,7,9-10H,5-6,8,14H2,1H3. The van der Waals surface area contributed by atoms with Crippen LogP contribution in [-0.4, -0.2) is 22.1 Å². The highest BCUT2D eigenvalue weighted by molar-refractivity contribution is 7.99. The molecule has 0 spiro atoms. The smallest absolute Gasteiger partial charge is 0.119 e. The molecule has 1 aromatic carbocycles. The van der Waals surface area contributed by atoms with Crippen LogP contribution < -0.4 is 10.5 Å². The molecule has 0 saturated heterocycles. The number of nitrogens with zero attached hydrogens (tertiary/aromatic N) is 2. The first-order valence-corrected chi connectivity index (χ1v) is 6.80. The number of benzene rings is 1. The topological polar surface area (TPSA) is 53.1 Å². The van der Waals surface area contributed by atoms with Crippen LogP contribution in [-0.2, 0) is 13.6 Å². The number of ether oxygens (including phenoxy) is 1. The zero-order valence-corrected chi connectivity index (χ0v) is 11.2. The van der Waals surface area contributed by atoms with Crippen molar-refractivity contribution in [3.05, 3.63) is 42.2 Å². The summed E-state index contributed by atoms with van der Waals surface area (Å²) in [6, 6.07) is 7.89. The minimum absolute atomic E-state index is 0.543. The van der Waals surface area contributed by atoms with Gasteiger partial charge in [0, 0.05) is 30.4 Å². The molecule has 0 amide bonds. The Morgan fingerprint density at radius 1 is 1.44 bits per heavy atom. The second kappa shape index (κ2) is 6.47. The van der Waals surface area contributed by atoms with Crippen molar-refractivity contribution in [2.45, 2.75) is 11.4 Å². The van der Waals surface area contributed by atoms with Gasteiger partial charge in [0.05, 0.1) is 12.8 Å². The van der Waals surface area contributed by atoms with Gasteiger partial charge in [-0.25, -0.2) is 0 Å². The summed E-state index contributed by atoms with van der Waals surface area (Å²) in [6.07, 6.45) is 3.86. The van der Waals surface area contributed by atoms with Gasteiger partial charge in [0.15, 0.2) is 0 Å². The van der Waals surface area contributed by atoms with Crippen molar-refractivity contribution in [3.8, 4) is 5.75 Å². The molecule has 0 atom stereocenters. The number of aromatic nitrogens is 2. The SMILES string of the molecule is Cn1cc(SCCOc2cccc(CN)c2)cn1. The highest BCUT2D eigenvalue weighted by Gasteiger charge is 1.98. The highest BCUT2D eigenvalue weighted by Crippen LogP contribution is 2.17. The van der Waals surface area contributed by atoms with Crippen LogP contribution in [0, 0.1) is 0 Å². The van der Waals surface area contributed by atoms with E-state index in [0.29, 0.717) is 13.2 Å². The van der Waals surface area contributed by atoms with E-state index in [1.54, 1.807) is 16.4 Å². The summed E-state index contributed by atoms with van der Waals surface area (Å²) in [5.74, 6) is 1.78. The number of thioether (sulfide) groups is 1. The summed E-state index contributed by atoms with van der Waals surface area (Å²) in [5, 5.41) is 4.12. The largest absolute Gasteiger partial charge is 0.493 e. The quantitative estimate of drug-likeness (QED) is 0.640. The van der Waals surface area contributed by atoms with Crippen molar-refractivity contribution in [2.75, 3.05) is 12.4 Å². The van der Waals surface area contributed by atoms with Crippen LogP contribution in [0.1, 0.15) is 5.56 Å². The number of aryl methyl sites for hydroxylation is 1. The summed E-state index contributed by atoms with van der Waals surface area (Å²) in [4.78, 5) is 1.16. The van der Waals surface area contributed by atoms with Gasteiger partial charge in [-0.3, -0.25) is 4.68 Å². The maximum absolute atomic E-state index is 5.67. The molecule has 1 aromatic heterocycles. The molecule has 4 nitrogen and oxygen atoms in total. The highest BCUT2D eigenvalue weighted by atomic mass is 32.2. The first-order chi connectivity index (χ1) is 8.78. The van der Waals surface area contributed by atoms with Crippen molar-refractivity contribution in [1.82, 2.24) is 9.78 Å². The van der Waals surface area contributed by atoms with Gasteiger partial charge in [0.1, 0.15) is 5.75 Å². The van der Waals surface area contributed by atoms with Gasteiger partial charge >= 0.3 is 0 Å². The Kier molecular flexibility index (Phi) is 4.66. The molecule has 0 aliphatic carbocycles. The number of hydrogen-bond acceptors (Lipinski definition) is 4. The van der Waals surface area contributed by atoms with E-state index in [1.165, 1.54) is 0 Å². The Morgan fingerprint density at radius 2 is 2.33 bits per heavy atom. The van der Waals surface area contributed by atoms with Crippen LogP contribution >= 0.6 is 11.8 Å². The second-order valence-corrected chi connectivity index (χ2v) is 5.07. The average Bonchev–Trinajstić information content (AvgIpc) is 2.81. The van der Waals surface area contributed by atoms with E-state index in [1.807, 2.05) is 43.7 Å². The average molecular weight is 263 g/mol. The minimum Gasteiger partial charge on any atom is -0.493 e. The van der Waals surface area contributed by atoms with Crippen LogP contribution in [0.5, 0.6) is 5.75 Å². The molecule has 0 radical (unpaired) electrons. The fourth-order valence-corrected chi connectivity index (χ4v) is 2.31. The van der Waals surface area contributed by atoms with Gasteiger partial charge in [0.2, 0.25) is 0 Å². The van der Waals surface area contributed by atoms with Gasteiger partial charge in [0.25, 0.3) is 0 Å². The molecule has 0 bridgehead atoms. The minimum atomic E-state index is 0.543. The third-order valence-corrected chi connectivity index (χ3v) is 3.35. The summed E-state index contributed by atoms with van der Waals surface area (Å²) in [7, 11) is 1.92. The maximum atomic E-state index is 5.67. The van der Waals surface area contributed by atoms with E-state index in [-0.39, 0.29) is 0 Å². The van der Waals surface area contributed by atoms with Crippen LogP contribution in [0.2, 0.25) is 0 Å². The Morgan fingerprint density at radius 3 is 3.06 bits per heavy atom. The van der Waals surface area contributed by atoms with Gasteiger partial charge < -0.3 is 10.5 Å². The van der Waals surface area contributed by atoms with Gasteiger partial charge in [-0.1, -0.05) is 12.1 Å². The first kappa shape index (κ1) is 13.0. The lowest BCUT2D eigenvalue weighted by Crippen LogP contribution is -2.01. The van der Waals surface area contributed by atoms with Gasteiger partial charge in [-0.15, -0.1) is 11.8 Å². The normalized spacial score (nSPS) is 10.6.